The first-order valence-electron chi connectivity index (χ1n) is 10.1. The van der Waals surface area contributed by atoms with Gasteiger partial charge in [0.25, 0.3) is 5.91 Å². The summed E-state index contributed by atoms with van der Waals surface area (Å²) in [4.78, 5) is 16.1. The van der Waals surface area contributed by atoms with Crippen molar-refractivity contribution in [3.05, 3.63) is 100.0 Å². The Balaban J connectivity index is 1.72. The third-order valence-corrected chi connectivity index (χ3v) is 6.55. The molecule has 30 heavy (non-hydrogen) atoms. The predicted molar refractivity (Wildman–Crippen MR) is 126 cm³/mol. The summed E-state index contributed by atoms with van der Waals surface area (Å²) in [7, 11) is 1.64. The lowest BCUT2D eigenvalue weighted by atomic mass is 10.1. The molecular formula is C26H25NO2S. The lowest BCUT2D eigenvalue weighted by molar-refractivity contribution is -0.114. The van der Waals surface area contributed by atoms with Crippen molar-refractivity contribution in [1.82, 2.24) is 0 Å². The molecule has 1 aliphatic heterocycles. The van der Waals surface area contributed by atoms with Gasteiger partial charge in [0.1, 0.15) is 11.1 Å². The first kappa shape index (κ1) is 20.3. The standard InChI is InChI=1S/C26H25NO2S/c1-4-19-7-9-20(10-8-19)17-24-25(28)27(22-13-15-23(29-3)16-14-22)26(30-24)21-11-5-18(2)6-12-21/h5-17,26H,4H2,1-3H3/b24-17+/t26-/m0/s1. The van der Waals surface area contributed by atoms with Gasteiger partial charge in [-0.1, -0.05) is 72.8 Å². The fourth-order valence-electron chi connectivity index (χ4n) is 3.49. The highest BCUT2D eigenvalue weighted by molar-refractivity contribution is 8.05. The van der Waals surface area contributed by atoms with E-state index in [2.05, 4.69) is 62.4 Å². The number of amides is 1. The molecule has 3 aromatic rings. The number of thioether (sulfide) groups is 1. The van der Waals surface area contributed by atoms with Crippen molar-refractivity contribution in [3.8, 4) is 5.75 Å². The van der Waals surface area contributed by atoms with Gasteiger partial charge in [0.2, 0.25) is 0 Å². The number of ether oxygens (including phenoxy) is 1. The van der Waals surface area contributed by atoms with Gasteiger partial charge in [-0.3, -0.25) is 9.69 Å². The monoisotopic (exact) mass is 415 g/mol. The molecule has 1 aliphatic rings. The molecule has 0 N–H and O–H groups in total. The van der Waals surface area contributed by atoms with Gasteiger partial charge >= 0.3 is 0 Å². The summed E-state index contributed by atoms with van der Waals surface area (Å²) < 4.78 is 5.28. The maximum Gasteiger partial charge on any atom is 0.266 e. The van der Waals surface area contributed by atoms with E-state index in [9.17, 15) is 4.79 Å². The average Bonchev–Trinajstić information content (AvgIpc) is 3.10. The summed E-state index contributed by atoms with van der Waals surface area (Å²) in [6.07, 6.45) is 3.00. The molecule has 3 aromatic carbocycles. The van der Waals surface area contributed by atoms with Crippen molar-refractivity contribution in [2.45, 2.75) is 25.6 Å². The molecule has 0 aliphatic carbocycles. The molecule has 1 atom stereocenters. The van der Waals surface area contributed by atoms with Crippen LogP contribution in [0.3, 0.4) is 0 Å². The van der Waals surface area contributed by atoms with E-state index in [1.165, 1.54) is 11.1 Å². The van der Waals surface area contributed by atoms with Crippen LogP contribution in [0, 0.1) is 6.92 Å². The van der Waals surface area contributed by atoms with Crippen LogP contribution in [0.15, 0.2) is 77.7 Å². The quantitative estimate of drug-likeness (QED) is 0.453. The number of nitrogens with zero attached hydrogens (tertiary/aromatic N) is 1. The molecule has 4 rings (SSSR count). The number of methoxy groups -OCH3 is 1. The number of hydrogen-bond donors (Lipinski definition) is 0. The Kier molecular flexibility index (Phi) is 5.96. The van der Waals surface area contributed by atoms with Crippen molar-refractivity contribution in [3.63, 3.8) is 0 Å². The average molecular weight is 416 g/mol. The van der Waals surface area contributed by atoms with Crippen molar-refractivity contribution >= 4 is 29.4 Å². The van der Waals surface area contributed by atoms with Crippen molar-refractivity contribution in [2.75, 3.05) is 12.0 Å². The first-order valence-corrected chi connectivity index (χ1v) is 11.0. The number of carbonyl (C=O) groups is 1. The highest BCUT2D eigenvalue weighted by atomic mass is 32.2. The summed E-state index contributed by atoms with van der Waals surface area (Å²) in [5.74, 6) is 0.798. The van der Waals surface area contributed by atoms with Crippen LogP contribution in [-0.2, 0) is 11.2 Å². The Hall–Kier alpha value is -2.98. The zero-order valence-electron chi connectivity index (χ0n) is 17.5. The zero-order chi connectivity index (χ0) is 21.1. The first-order chi connectivity index (χ1) is 14.6. The third-order valence-electron chi connectivity index (χ3n) is 5.30. The zero-order valence-corrected chi connectivity index (χ0v) is 18.3. The van der Waals surface area contributed by atoms with Crippen LogP contribution >= 0.6 is 11.8 Å². The highest BCUT2D eigenvalue weighted by Crippen LogP contribution is 2.48. The van der Waals surface area contributed by atoms with Crippen molar-refractivity contribution in [1.29, 1.82) is 0 Å². The molecule has 0 bridgehead atoms. The van der Waals surface area contributed by atoms with Crippen LogP contribution in [0.5, 0.6) is 5.75 Å². The second-order valence-electron chi connectivity index (χ2n) is 7.36. The molecule has 1 heterocycles. The summed E-state index contributed by atoms with van der Waals surface area (Å²) in [5, 5.41) is -0.104. The SMILES string of the molecule is CCc1ccc(/C=C2/S[C@@H](c3ccc(C)cc3)N(c3ccc(OC)cc3)C2=O)cc1. The second kappa shape index (κ2) is 8.80. The summed E-state index contributed by atoms with van der Waals surface area (Å²) in [6, 6.07) is 24.5. The highest BCUT2D eigenvalue weighted by Gasteiger charge is 2.38. The molecule has 152 valence electrons. The topological polar surface area (TPSA) is 29.5 Å². The fraction of sp³-hybridized carbons (Fsp3) is 0.192. The molecule has 0 spiro atoms. The van der Waals surface area contributed by atoms with E-state index >= 15 is 0 Å². The van der Waals surface area contributed by atoms with E-state index in [0.29, 0.717) is 0 Å². The van der Waals surface area contributed by atoms with E-state index in [4.69, 9.17) is 4.74 Å². The normalized spacial score (nSPS) is 17.6. The van der Waals surface area contributed by atoms with Crippen LogP contribution in [0.4, 0.5) is 5.69 Å². The maximum atomic E-state index is 13.4. The summed E-state index contributed by atoms with van der Waals surface area (Å²) >= 11 is 1.60. The van der Waals surface area contributed by atoms with Crippen LogP contribution in [-0.4, -0.2) is 13.0 Å². The van der Waals surface area contributed by atoms with E-state index in [0.717, 1.165) is 33.9 Å². The molecule has 3 nitrogen and oxygen atoms in total. The number of anilines is 1. The fourth-order valence-corrected chi connectivity index (χ4v) is 4.75. The van der Waals surface area contributed by atoms with Gasteiger partial charge in [-0.15, -0.1) is 0 Å². The van der Waals surface area contributed by atoms with Gasteiger partial charge in [-0.05, 0) is 60.4 Å². The van der Waals surface area contributed by atoms with E-state index in [1.54, 1.807) is 18.9 Å². The van der Waals surface area contributed by atoms with Crippen LogP contribution in [0.2, 0.25) is 0 Å². The molecule has 1 amide bonds. The lowest BCUT2D eigenvalue weighted by Gasteiger charge is -2.24. The van der Waals surface area contributed by atoms with E-state index in [-0.39, 0.29) is 11.3 Å². The smallest absolute Gasteiger partial charge is 0.266 e. The largest absolute Gasteiger partial charge is 0.497 e. The Labute approximate surface area is 182 Å². The molecule has 0 saturated carbocycles. The van der Waals surface area contributed by atoms with Gasteiger partial charge in [0.05, 0.1) is 12.0 Å². The van der Waals surface area contributed by atoms with Gasteiger partial charge in [0, 0.05) is 5.69 Å². The minimum Gasteiger partial charge on any atom is -0.497 e. The molecular weight excluding hydrogens is 390 g/mol. The Bertz CT molecular complexity index is 1050. The van der Waals surface area contributed by atoms with E-state index in [1.807, 2.05) is 35.2 Å². The number of hydrogen-bond acceptors (Lipinski definition) is 3. The Morgan fingerprint density at radius 3 is 2.23 bits per heavy atom. The van der Waals surface area contributed by atoms with Crippen LogP contribution < -0.4 is 9.64 Å². The number of rotatable bonds is 5. The minimum atomic E-state index is -0.104. The lowest BCUT2D eigenvalue weighted by Crippen LogP contribution is -2.27. The number of carbonyl (C=O) groups excluding carboxylic acids is 1. The van der Waals surface area contributed by atoms with Crippen molar-refractivity contribution in [2.24, 2.45) is 0 Å². The molecule has 0 aromatic heterocycles. The van der Waals surface area contributed by atoms with Gasteiger partial charge in [0.15, 0.2) is 0 Å². The molecule has 0 radical (unpaired) electrons. The van der Waals surface area contributed by atoms with Crippen LogP contribution in [0.25, 0.3) is 6.08 Å². The van der Waals surface area contributed by atoms with Crippen molar-refractivity contribution < 1.29 is 9.53 Å². The van der Waals surface area contributed by atoms with Gasteiger partial charge in [-0.25, -0.2) is 0 Å². The van der Waals surface area contributed by atoms with Crippen LogP contribution in [0.1, 0.15) is 34.6 Å². The summed E-state index contributed by atoms with van der Waals surface area (Å²) in [5.41, 5.74) is 5.51. The molecule has 1 fully saturated rings. The summed E-state index contributed by atoms with van der Waals surface area (Å²) in [6.45, 7) is 4.21. The molecule has 1 saturated heterocycles. The molecule has 0 unspecified atom stereocenters. The Morgan fingerprint density at radius 2 is 1.63 bits per heavy atom. The second-order valence-corrected chi connectivity index (χ2v) is 8.48. The van der Waals surface area contributed by atoms with E-state index < -0.39 is 0 Å². The van der Waals surface area contributed by atoms with Gasteiger partial charge < -0.3 is 4.74 Å². The molecule has 4 heteroatoms. The van der Waals surface area contributed by atoms with Gasteiger partial charge in [-0.2, -0.15) is 0 Å². The predicted octanol–water partition coefficient (Wildman–Crippen LogP) is 6.39. The number of benzene rings is 3. The number of aryl methyl sites for hydroxylation is 2. The minimum absolute atomic E-state index is 0.0234. The third kappa shape index (κ3) is 4.14. The maximum absolute atomic E-state index is 13.4. The Morgan fingerprint density at radius 1 is 0.967 bits per heavy atom.